The summed E-state index contributed by atoms with van der Waals surface area (Å²) in [6.45, 7) is 0.520. The van der Waals surface area contributed by atoms with Gasteiger partial charge in [0.1, 0.15) is 12.6 Å². The van der Waals surface area contributed by atoms with E-state index >= 15 is 0 Å². The normalized spacial score (nSPS) is 23.8. The van der Waals surface area contributed by atoms with E-state index in [-0.39, 0.29) is 30.9 Å². The Morgan fingerprint density at radius 1 is 1.09 bits per heavy atom. The standard InChI is InChI=1S/C23H20N2O7S/c26-19-14-8-4-5-9-15(14)20(27)25(19)16(21(28)29)18-24-17(23(33-18)11-31-12-23)22(30)32-10-13-6-2-1-3-7-13/h1-9,16-18,24H,10-12H2,(H,28,29). The van der Waals surface area contributed by atoms with Gasteiger partial charge in [0.15, 0.2) is 6.04 Å². The summed E-state index contributed by atoms with van der Waals surface area (Å²) in [5, 5.41) is 12.1. The number of carbonyl (C=O) groups is 4. The first-order valence-electron chi connectivity index (χ1n) is 10.3. The number of imide groups is 1. The summed E-state index contributed by atoms with van der Waals surface area (Å²) < 4.78 is 10.1. The maximum Gasteiger partial charge on any atom is 0.329 e. The predicted octanol–water partition coefficient (Wildman–Crippen LogP) is 1.28. The summed E-state index contributed by atoms with van der Waals surface area (Å²) in [5.74, 6) is -3.22. The van der Waals surface area contributed by atoms with Gasteiger partial charge < -0.3 is 14.6 Å². The number of carboxylic acids is 1. The fourth-order valence-corrected chi connectivity index (χ4v) is 5.98. The number of thioether (sulfide) groups is 1. The van der Waals surface area contributed by atoms with Crippen molar-refractivity contribution in [3.63, 3.8) is 0 Å². The van der Waals surface area contributed by atoms with Gasteiger partial charge in [-0.15, -0.1) is 11.8 Å². The number of amides is 2. The minimum Gasteiger partial charge on any atom is -0.480 e. The van der Waals surface area contributed by atoms with Crippen molar-refractivity contribution in [1.29, 1.82) is 0 Å². The predicted molar refractivity (Wildman–Crippen MR) is 116 cm³/mol. The highest BCUT2D eigenvalue weighted by atomic mass is 32.2. The first kappa shape index (κ1) is 21.6. The molecule has 10 heteroatoms. The molecule has 0 aliphatic carbocycles. The van der Waals surface area contributed by atoms with Gasteiger partial charge >= 0.3 is 11.9 Å². The van der Waals surface area contributed by atoms with Crippen LogP contribution in [0.1, 0.15) is 26.3 Å². The molecule has 3 atom stereocenters. The summed E-state index contributed by atoms with van der Waals surface area (Å²) in [6.07, 6.45) is 0. The molecular weight excluding hydrogens is 448 g/mol. The van der Waals surface area contributed by atoms with E-state index in [0.29, 0.717) is 0 Å². The third-order valence-corrected chi connectivity index (χ3v) is 7.60. The van der Waals surface area contributed by atoms with Crippen molar-refractivity contribution in [2.24, 2.45) is 0 Å². The molecule has 0 radical (unpaired) electrons. The van der Waals surface area contributed by atoms with Crippen LogP contribution in [-0.2, 0) is 25.7 Å². The molecular formula is C23H20N2O7S. The molecule has 0 saturated carbocycles. The first-order valence-corrected chi connectivity index (χ1v) is 11.2. The number of benzene rings is 2. The zero-order valence-electron chi connectivity index (χ0n) is 17.3. The van der Waals surface area contributed by atoms with Gasteiger partial charge in [-0.3, -0.25) is 24.6 Å². The average molecular weight is 468 g/mol. The van der Waals surface area contributed by atoms with Crippen LogP contribution in [0.25, 0.3) is 0 Å². The second kappa shape index (κ2) is 8.29. The lowest BCUT2D eigenvalue weighted by Gasteiger charge is -2.40. The topological polar surface area (TPSA) is 122 Å². The van der Waals surface area contributed by atoms with Gasteiger partial charge in [-0.2, -0.15) is 0 Å². The van der Waals surface area contributed by atoms with Gasteiger partial charge in [0.2, 0.25) is 0 Å². The summed E-state index contributed by atoms with van der Waals surface area (Å²) in [4.78, 5) is 51.8. The number of esters is 1. The fraction of sp³-hybridized carbons (Fsp3) is 0.304. The maximum absolute atomic E-state index is 12.9. The van der Waals surface area contributed by atoms with Gasteiger partial charge in [0.05, 0.1) is 34.5 Å². The Morgan fingerprint density at radius 3 is 2.24 bits per heavy atom. The van der Waals surface area contributed by atoms with Crippen LogP contribution in [0.3, 0.4) is 0 Å². The number of hydrogen-bond acceptors (Lipinski definition) is 8. The van der Waals surface area contributed by atoms with Crippen LogP contribution in [0, 0.1) is 0 Å². The molecule has 9 nitrogen and oxygen atoms in total. The Kier molecular flexibility index (Phi) is 5.43. The zero-order valence-corrected chi connectivity index (χ0v) is 18.1. The van der Waals surface area contributed by atoms with Crippen molar-refractivity contribution in [2.45, 2.75) is 28.8 Å². The Labute approximate surface area is 193 Å². The molecule has 0 aromatic heterocycles. The number of carboxylic acid groups (broad SMARTS) is 1. The van der Waals surface area contributed by atoms with E-state index < -0.39 is 46.0 Å². The molecule has 5 rings (SSSR count). The van der Waals surface area contributed by atoms with Crippen molar-refractivity contribution in [1.82, 2.24) is 10.2 Å². The molecule has 2 N–H and O–H groups in total. The SMILES string of the molecule is O=C(O)C(C1NC(C(=O)OCc2ccccc2)C2(COC2)S1)N1C(=O)c2ccccc2C1=O. The molecule has 33 heavy (non-hydrogen) atoms. The second-order valence-corrected chi connectivity index (χ2v) is 9.65. The van der Waals surface area contributed by atoms with E-state index in [9.17, 15) is 24.3 Å². The van der Waals surface area contributed by atoms with Crippen molar-refractivity contribution in [3.05, 3.63) is 71.3 Å². The molecule has 2 amide bonds. The number of carbonyl (C=O) groups excluding carboxylic acids is 3. The highest BCUT2D eigenvalue weighted by Gasteiger charge is 2.61. The van der Waals surface area contributed by atoms with E-state index in [2.05, 4.69) is 5.32 Å². The molecule has 170 valence electrons. The molecule has 2 aromatic carbocycles. The molecule has 3 heterocycles. The summed E-state index contributed by atoms with van der Waals surface area (Å²) in [7, 11) is 0. The molecule has 0 bridgehead atoms. The number of hydrogen-bond donors (Lipinski definition) is 2. The zero-order chi connectivity index (χ0) is 23.2. The van der Waals surface area contributed by atoms with Crippen LogP contribution in [0.2, 0.25) is 0 Å². The van der Waals surface area contributed by atoms with E-state index in [1.807, 2.05) is 30.3 Å². The minimum atomic E-state index is -1.51. The Hall–Kier alpha value is -3.21. The smallest absolute Gasteiger partial charge is 0.329 e. The van der Waals surface area contributed by atoms with Crippen molar-refractivity contribution in [2.75, 3.05) is 13.2 Å². The number of nitrogens with zero attached hydrogens (tertiary/aromatic N) is 1. The van der Waals surface area contributed by atoms with Crippen LogP contribution in [-0.4, -0.2) is 69.2 Å². The second-order valence-electron chi connectivity index (χ2n) is 8.10. The average Bonchev–Trinajstić information content (AvgIpc) is 3.31. The number of ether oxygens (including phenoxy) is 2. The maximum atomic E-state index is 12.9. The highest BCUT2D eigenvalue weighted by Crippen LogP contribution is 2.46. The van der Waals surface area contributed by atoms with Crippen LogP contribution >= 0.6 is 11.8 Å². The number of nitrogens with one attached hydrogen (secondary N) is 1. The highest BCUT2D eigenvalue weighted by molar-refractivity contribution is 8.01. The van der Waals surface area contributed by atoms with E-state index in [1.165, 1.54) is 23.9 Å². The third kappa shape index (κ3) is 3.60. The van der Waals surface area contributed by atoms with E-state index in [4.69, 9.17) is 9.47 Å². The molecule has 3 aliphatic heterocycles. The van der Waals surface area contributed by atoms with Crippen molar-refractivity contribution < 1.29 is 33.8 Å². The molecule has 2 saturated heterocycles. The molecule has 3 unspecified atom stereocenters. The quantitative estimate of drug-likeness (QED) is 0.477. The monoisotopic (exact) mass is 468 g/mol. The van der Waals surface area contributed by atoms with Crippen LogP contribution < -0.4 is 5.32 Å². The van der Waals surface area contributed by atoms with Crippen LogP contribution in [0.5, 0.6) is 0 Å². The summed E-state index contributed by atoms with van der Waals surface area (Å²) >= 11 is 1.20. The number of aliphatic carboxylic acids is 1. The van der Waals surface area contributed by atoms with Crippen LogP contribution in [0.4, 0.5) is 0 Å². The summed E-state index contributed by atoms with van der Waals surface area (Å²) in [5.41, 5.74) is 1.15. The Bertz CT molecular complexity index is 1100. The lowest BCUT2D eigenvalue weighted by atomic mass is 9.96. The lowest BCUT2D eigenvalue weighted by molar-refractivity contribution is -0.152. The van der Waals surface area contributed by atoms with E-state index in [0.717, 1.165) is 10.5 Å². The Morgan fingerprint density at radius 2 is 1.70 bits per heavy atom. The Balaban J connectivity index is 1.37. The van der Waals surface area contributed by atoms with E-state index in [1.54, 1.807) is 12.1 Å². The van der Waals surface area contributed by atoms with Crippen molar-refractivity contribution in [3.8, 4) is 0 Å². The van der Waals surface area contributed by atoms with Gasteiger partial charge in [0, 0.05) is 0 Å². The first-order chi connectivity index (χ1) is 15.9. The largest absolute Gasteiger partial charge is 0.480 e. The van der Waals surface area contributed by atoms with Gasteiger partial charge in [0.25, 0.3) is 11.8 Å². The molecule has 1 spiro atoms. The van der Waals surface area contributed by atoms with Gasteiger partial charge in [-0.1, -0.05) is 42.5 Å². The van der Waals surface area contributed by atoms with Gasteiger partial charge in [-0.25, -0.2) is 4.79 Å². The molecule has 2 aromatic rings. The third-order valence-electron chi connectivity index (χ3n) is 6.01. The molecule has 3 aliphatic rings. The number of rotatable bonds is 6. The lowest BCUT2D eigenvalue weighted by Crippen LogP contribution is -2.60. The van der Waals surface area contributed by atoms with Gasteiger partial charge in [-0.05, 0) is 17.7 Å². The molecule has 2 fully saturated rings. The summed E-state index contributed by atoms with van der Waals surface area (Å²) in [6, 6.07) is 13.1. The minimum absolute atomic E-state index is 0.0743. The van der Waals surface area contributed by atoms with Crippen LogP contribution in [0.15, 0.2) is 54.6 Å². The fourth-order valence-electron chi connectivity index (χ4n) is 4.30. The van der Waals surface area contributed by atoms with Crippen molar-refractivity contribution >= 4 is 35.5 Å². The number of fused-ring (bicyclic) bond motifs is 1.